The lowest BCUT2D eigenvalue weighted by molar-refractivity contribution is -0.116. The minimum absolute atomic E-state index is 0.134. The number of aryl methyl sites for hydroxylation is 1. The second-order valence-electron chi connectivity index (χ2n) is 6.92. The number of benzene rings is 1. The molecule has 1 aliphatic heterocycles. The van der Waals surface area contributed by atoms with Gasteiger partial charge < -0.3 is 10.6 Å². The Hall–Kier alpha value is -1.51. The molecule has 0 aromatic heterocycles. The van der Waals surface area contributed by atoms with Crippen molar-refractivity contribution < 1.29 is 4.79 Å². The molecule has 21 heavy (non-hydrogen) atoms. The van der Waals surface area contributed by atoms with E-state index in [2.05, 4.69) is 36.6 Å². The van der Waals surface area contributed by atoms with E-state index < -0.39 is 0 Å². The zero-order valence-electron chi connectivity index (χ0n) is 13.1. The second-order valence-corrected chi connectivity index (χ2v) is 6.92. The van der Waals surface area contributed by atoms with Crippen LogP contribution in [0.1, 0.15) is 51.5 Å². The van der Waals surface area contributed by atoms with Gasteiger partial charge in [0.2, 0.25) is 5.91 Å². The lowest BCUT2D eigenvalue weighted by Crippen LogP contribution is -2.28. The van der Waals surface area contributed by atoms with Gasteiger partial charge in [0.25, 0.3) is 0 Å². The van der Waals surface area contributed by atoms with Gasteiger partial charge in [-0.25, -0.2) is 0 Å². The van der Waals surface area contributed by atoms with E-state index in [1.165, 1.54) is 36.9 Å². The summed E-state index contributed by atoms with van der Waals surface area (Å²) in [5.74, 6) is 1.86. The highest BCUT2D eigenvalue weighted by molar-refractivity contribution is 5.94. The van der Waals surface area contributed by atoms with Crippen molar-refractivity contribution in [1.29, 1.82) is 0 Å². The summed E-state index contributed by atoms with van der Waals surface area (Å²) >= 11 is 0. The van der Waals surface area contributed by atoms with Crippen LogP contribution in [0, 0.1) is 11.8 Å². The summed E-state index contributed by atoms with van der Waals surface area (Å²) in [6.07, 6.45) is 6.70. The first-order chi connectivity index (χ1) is 10.1. The van der Waals surface area contributed by atoms with E-state index >= 15 is 0 Å². The molecule has 1 aliphatic carbocycles. The molecule has 1 aromatic rings. The maximum atomic E-state index is 11.4. The second kappa shape index (κ2) is 6.08. The maximum Gasteiger partial charge on any atom is 0.224 e. The fraction of sp³-hybridized carbons (Fsp3) is 0.611. The molecule has 3 rings (SSSR count). The third-order valence-electron chi connectivity index (χ3n) is 5.09. The van der Waals surface area contributed by atoms with Crippen LogP contribution in [0.15, 0.2) is 18.2 Å². The summed E-state index contributed by atoms with van der Waals surface area (Å²) < 4.78 is 0. The Morgan fingerprint density at radius 3 is 2.62 bits per heavy atom. The summed E-state index contributed by atoms with van der Waals surface area (Å²) in [7, 11) is 0. The molecule has 1 fully saturated rings. The third-order valence-corrected chi connectivity index (χ3v) is 5.09. The Kier molecular flexibility index (Phi) is 4.18. The van der Waals surface area contributed by atoms with Crippen LogP contribution in [0.4, 0.5) is 11.4 Å². The van der Waals surface area contributed by atoms with Crippen molar-refractivity contribution in [2.24, 2.45) is 11.8 Å². The van der Waals surface area contributed by atoms with E-state index in [0.717, 1.165) is 23.9 Å². The molecule has 0 atom stereocenters. The van der Waals surface area contributed by atoms with E-state index in [4.69, 9.17) is 0 Å². The van der Waals surface area contributed by atoms with Crippen LogP contribution in [0.3, 0.4) is 0 Å². The number of carbonyl (C=O) groups is 1. The molecule has 3 heteroatoms. The first-order valence-corrected chi connectivity index (χ1v) is 8.31. The third kappa shape index (κ3) is 3.39. The summed E-state index contributed by atoms with van der Waals surface area (Å²) in [5.41, 5.74) is 3.45. The highest BCUT2D eigenvalue weighted by Gasteiger charge is 2.23. The Bertz CT molecular complexity index is 516. The van der Waals surface area contributed by atoms with Crippen molar-refractivity contribution in [1.82, 2.24) is 0 Å². The number of carbonyl (C=O) groups excluding carboxylic acids is 1. The number of anilines is 2. The monoisotopic (exact) mass is 286 g/mol. The predicted octanol–water partition coefficient (Wildman–Crippen LogP) is 4.20. The van der Waals surface area contributed by atoms with Crippen LogP contribution in [0.5, 0.6) is 0 Å². The van der Waals surface area contributed by atoms with Gasteiger partial charge in [-0.05, 0) is 67.7 Å². The number of fused-ring (bicyclic) bond motifs is 1. The standard InChI is InChI=1S/C18H26N2O/c1-12(2)13-3-6-15(7-4-13)19-16-8-9-17-14(11-16)5-10-18(21)20-17/h8-9,11-13,15,19H,3-7,10H2,1-2H3,(H,20,21). The number of rotatable bonds is 3. The van der Waals surface area contributed by atoms with Crippen molar-refractivity contribution >= 4 is 17.3 Å². The van der Waals surface area contributed by atoms with Gasteiger partial charge in [0.15, 0.2) is 0 Å². The highest BCUT2D eigenvalue weighted by Crippen LogP contribution is 2.32. The molecule has 114 valence electrons. The molecule has 1 amide bonds. The van der Waals surface area contributed by atoms with Crippen LogP contribution in [0.2, 0.25) is 0 Å². The van der Waals surface area contributed by atoms with Crippen LogP contribution in [-0.4, -0.2) is 11.9 Å². The van der Waals surface area contributed by atoms with Crippen molar-refractivity contribution in [3.63, 3.8) is 0 Å². The number of hydrogen-bond donors (Lipinski definition) is 2. The van der Waals surface area contributed by atoms with Gasteiger partial charge in [0, 0.05) is 23.8 Å². The van der Waals surface area contributed by atoms with Crippen LogP contribution in [0.25, 0.3) is 0 Å². The van der Waals surface area contributed by atoms with Gasteiger partial charge in [-0.3, -0.25) is 4.79 Å². The molecule has 2 N–H and O–H groups in total. The topological polar surface area (TPSA) is 41.1 Å². The molecule has 3 nitrogen and oxygen atoms in total. The van der Waals surface area contributed by atoms with Gasteiger partial charge in [-0.2, -0.15) is 0 Å². The largest absolute Gasteiger partial charge is 0.382 e. The Morgan fingerprint density at radius 1 is 1.14 bits per heavy atom. The quantitative estimate of drug-likeness (QED) is 0.874. The fourth-order valence-electron chi connectivity index (χ4n) is 3.64. The molecule has 0 radical (unpaired) electrons. The Labute approximate surface area is 127 Å². The highest BCUT2D eigenvalue weighted by atomic mass is 16.1. The fourth-order valence-corrected chi connectivity index (χ4v) is 3.64. The van der Waals surface area contributed by atoms with E-state index in [0.29, 0.717) is 12.5 Å². The lowest BCUT2D eigenvalue weighted by atomic mass is 9.79. The zero-order chi connectivity index (χ0) is 14.8. The molecule has 1 aromatic carbocycles. The summed E-state index contributed by atoms with van der Waals surface area (Å²) in [6.45, 7) is 4.69. The number of amides is 1. The first-order valence-electron chi connectivity index (χ1n) is 8.31. The Balaban J connectivity index is 1.60. The zero-order valence-corrected chi connectivity index (χ0v) is 13.1. The SMILES string of the molecule is CC(C)C1CCC(Nc2ccc3c(c2)CCC(=O)N3)CC1. The number of hydrogen-bond acceptors (Lipinski definition) is 2. The minimum Gasteiger partial charge on any atom is -0.382 e. The van der Waals surface area contributed by atoms with Gasteiger partial charge in [0.1, 0.15) is 0 Å². The first kappa shape index (κ1) is 14.4. The molecule has 0 saturated heterocycles. The molecular formula is C18H26N2O. The Morgan fingerprint density at radius 2 is 1.90 bits per heavy atom. The summed E-state index contributed by atoms with van der Waals surface area (Å²) in [6, 6.07) is 6.95. The van der Waals surface area contributed by atoms with Crippen molar-refractivity contribution in [3.05, 3.63) is 23.8 Å². The van der Waals surface area contributed by atoms with Crippen LogP contribution < -0.4 is 10.6 Å². The van der Waals surface area contributed by atoms with Gasteiger partial charge in [-0.15, -0.1) is 0 Å². The van der Waals surface area contributed by atoms with Crippen LogP contribution in [-0.2, 0) is 11.2 Å². The van der Waals surface area contributed by atoms with E-state index in [1.807, 2.05) is 6.07 Å². The summed E-state index contributed by atoms with van der Waals surface area (Å²) in [4.78, 5) is 11.4. The minimum atomic E-state index is 0.134. The average molecular weight is 286 g/mol. The average Bonchev–Trinajstić information content (AvgIpc) is 2.48. The van der Waals surface area contributed by atoms with Gasteiger partial charge >= 0.3 is 0 Å². The molecule has 1 heterocycles. The molecule has 0 unspecified atom stereocenters. The normalized spacial score (nSPS) is 25.4. The number of nitrogens with one attached hydrogen (secondary N) is 2. The summed E-state index contributed by atoms with van der Waals surface area (Å²) in [5, 5.41) is 6.63. The van der Waals surface area contributed by atoms with E-state index in [1.54, 1.807) is 0 Å². The molecule has 1 saturated carbocycles. The molecule has 0 spiro atoms. The lowest BCUT2D eigenvalue weighted by Gasteiger charge is -2.32. The smallest absolute Gasteiger partial charge is 0.224 e. The van der Waals surface area contributed by atoms with Crippen LogP contribution >= 0.6 is 0 Å². The van der Waals surface area contributed by atoms with Crippen molar-refractivity contribution in [3.8, 4) is 0 Å². The van der Waals surface area contributed by atoms with Gasteiger partial charge in [0.05, 0.1) is 0 Å². The predicted molar refractivity (Wildman–Crippen MR) is 87.6 cm³/mol. The molecule has 2 aliphatic rings. The van der Waals surface area contributed by atoms with E-state index in [-0.39, 0.29) is 5.91 Å². The molecular weight excluding hydrogens is 260 g/mol. The van der Waals surface area contributed by atoms with E-state index in [9.17, 15) is 4.79 Å². The maximum absolute atomic E-state index is 11.4. The van der Waals surface area contributed by atoms with Crippen molar-refractivity contribution in [2.75, 3.05) is 10.6 Å². The van der Waals surface area contributed by atoms with Crippen molar-refractivity contribution in [2.45, 2.75) is 58.4 Å². The van der Waals surface area contributed by atoms with Gasteiger partial charge in [-0.1, -0.05) is 13.8 Å². The molecule has 0 bridgehead atoms.